The van der Waals surface area contributed by atoms with Crippen molar-refractivity contribution in [3.63, 3.8) is 0 Å². The van der Waals surface area contributed by atoms with Gasteiger partial charge >= 0.3 is 18.0 Å². The Balaban J connectivity index is 2.19. The summed E-state index contributed by atoms with van der Waals surface area (Å²) in [5.41, 5.74) is -1.31. The molecule has 2 rings (SSSR count). The van der Waals surface area contributed by atoms with Crippen LogP contribution in [0.4, 0.5) is 30.7 Å². The predicted molar refractivity (Wildman–Crippen MR) is 79.0 cm³/mol. The van der Waals surface area contributed by atoms with Crippen molar-refractivity contribution in [1.29, 1.82) is 0 Å². The Morgan fingerprint density at radius 1 is 0.963 bits per heavy atom. The number of nitrogens with zero attached hydrogens (tertiary/aromatic N) is 1. The van der Waals surface area contributed by atoms with Gasteiger partial charge in [-0.1, -0.05) is 0 Å². The van der Waals surface area contributed by atoms with E-state index in [9.17, 15) is 35.5 Å². The van der Waals surface area contributed by atoms with Gasteiger partial charge in [-0.3, -0.25) is 4.79 Å². The first-order valence-electron chi connectivity index (χ1n) is 7.19. The number of benzene rings is 1. The minimum atomic E-state index is -6.41. The van der Waals surface area contributed by atoms with Crippen LogP contribution in [0.2, 0.25) is 0 Å². The van der Waals surface area contributed by atoms with E-state index in [-0.39, 0.29) is 17.2 Å². The zero-order valence-corrected chi connectivity index (χ0v) is 13.5. The zero-order chi connectivity index (χ0) is 20.5. The summed E-state index contributed by atoms with van der Waals surface area (Å²) in [5.74, 6) is -12.3. The van der Waals surface area contributed by atoms with Gasteiger partial charge in [0.05, 0.1) is 5.56 Å². The number of carbonyl (C=O) groups is 1. The van der Waals surface area contributed by atoms with Crippen molar-refractivity contribution in [1.82, 2.24) is 10.3 Å². The fourth-order valence-corrected chi connectivity index (χ4v) is 1.93. The number of hydrogen-bond acceptors (Lipinski definition) is 3. The van der Waals surface area contributed by atoms with Gasteiger partial charge in [-0.15, -0.1) is 0 Å². The molecule has 0 fully saturated rings. The monoisotopic (exact) mass is 396 g/mol. The van der Waals surface area contributed by atoms with Crippen molar-refractivity contribution in [2.45, 2.75) is 18.0 Å². The van der Waals surface area contributed by atoms with E-state index in [4.69, 9.17) is 4.74 Å². The smallest absolute Gasteiger partial charge is 0.439 e. The average Bonchev–Trinajstić information content (AvgIpc) is 2.61. The summed E-state index contributed by atoms with van der Waals surface area (Å²) in [6.45, 7) is 0. The summed E-state index contributed by atoms with van der Waals surface area (Å²) in [6, 6.07) is 5.02. The van der Waals surface area contributed by atoms with E-state index in [1.807, 2.05) is 0 Å². The molecule has 0 bridgehead atoms. The van der Waals surface area contributed by atoms with Gasteiger partial charge in [-0.25, -0.2) is 4.98 Å². The van der Waals surface area contributed by atoms with Crippen LogP contribution in [0.25, 0.3) is 0 Å². The average molecular weight is 396 g/mol. The van der Waals surface area contributed by atoms with Gasteiger partial charge in [0.2, 0.25) is 5.88 Å². The van der Waals surface area contributed by atoms with E-state index < -0.39 is 29.5 Å². The molecule has 0 aliphatic carbocycles. The number of alkyl halides is 7. The molecule has 1 aromatic carbocycles. The lowest BCUT2D eigenvalue weighted by Gasteiger charge is -2.28. The minimum Gasteiger partial charge on any atom is -0.439 e. The molecular weight excluding hydrogens is 385 g/mol. The number of hydrogen-bond donors (Lipinski definition) is 1. The first-order chi connectivity index (χ1) is 12.4. The van der Waals surface area contributed by atoms with Crippen LogP contribution < -0.4 is 10.1 Å². The van der Waals surface area contributed by atoms with Gasteiger partial charge in [0.25, 0.3) is 5.91 Å². The molecule has 0 saturated heterocycles. The third-order valence-electron chi connectivity index (χ3n) is 3.42. The van der Waals surface area contributed by atoms with E-state index in [0.717, 1.165) is 12.1 Å². The Labute approximate surface area is 148 Å². The standard InChI is InChI=1S/C16H11F7N2O2/c1-24-13(26)9-2-7-12(25-8-9)27-11-5-3-10(4-6-11)14(17,18)15(19,20)16(21,22)23/h2-8H,1H3,(H,24,26). The molecular formula is C16H11F7N2O2. The summed E-state index contributed by atoms with van der Waals surface area (Å²) in [4.78, 5) is 15.1. The van der Waals surface area contributed by atoms with Crippen LogP contribution >= 0.6 is 0 Å². The van der Waals surface area contributed by atoms with E-state index in [0.29, 0.717) is 12.1 Å². The van der Waals surface area contributed by atoms with Crippen LogP contribution in [0.3, 0.4) is 0 Å². The quantitative estimate of drug-likeness (QED) is 0.756. The third kappa shape index (κ3) is 3.96. The third-order valence-corrected chi connectivity index (χ3v) is 3.42. The first kappa shape index (κ1) is 20.5. The van der Waals surface area contributed by atoms with E-state index in [1.165, 1.54) is 25.4 Å². The minimum absolute atomic E-state index is 0.0530. The first-order valence-corrected chi connectivity index (χ1v) is 7.19. The van der Waals surface area contributed by atoms with E-state index >= 15 is 0 Å². The van der Waals surface area contributed by atoms with Gasteiger partial charge in [0, 0.05) is 24.9 Å². The van der Waals surface area contributed by atoms with Gasteiger partial charge in [0.15, 0.2) is 0 Å². The zero-order valence-electron chi connectivity index (χ0n) is 13.5. The Morgan fingerprint density at radius 2 is 1.56 bits per heavy atom. The molecule has 146 valence electrons. The topological polar surface area (TPSA) is 51.2 Å². The maximum atomic E-state index is 13.6. The lowest BCUT2D eigenvalue weighted by Crippen LogP contribution is -2.49. The lowest BCUT2D eigenvalue weighted by atomic mass is 10.0. The fraction of sp³-hybridized carbons (Fsp3) is 0.250. The highest BCUT2D eigenvalue weighted by molar-refractivity contribution is 5.93. The molecule has 1 N–H and O–H groups in total. The summed E-state index contributed by atoms with van der Waals surface area (Å²) >= 11 is 0. The van der Waals surface area contributed by atoms with Crippen LogP contribution in [0.5, 0.6) is 11.6 Å². The normalized spacial score (nSPS) is 12.6. The maximum absolute atomic E-state index is 13.6. The highest BCUT2D eigenvalue weighted by Gasteiger charge is 2.73. The summed E-state index contributed by atoms with van der Waals surface area (Å²) in [7, 11) is 1.41. The fourth-order valence-electron chi connectivity index (χ4n) is 1.93. The van der Waals surface area contributed by atoms with Crippen molar-refractivity contribution >= 4 is 5.91 Å². The second-order valence-corrected chi connectivity index (χ2v) is 5.24. The Hall–Kier alpha value is -2.85. The molecule has 27 heavy (non-hydrogen) atoms. The Kier molecular flexibility index (Phi) is 5.34. The van der Waals surface area contributed by atoms with Crippen LogP contribution in [-0.4, -0.2) is 30.0 Å². The van der Waals surface area contributed by atoms with Crippen molar-refractivity contribution < 1.29 is 40.3 Å². The van der Waals surface area contributed by atoms with Gasteiger partial charge in [-0.2, -0.15) is 30.7 Å². The number of halogens is 7. The van der Waals surface area contributed by atoms with E-state index in [1.54, 1.807) is 0 Å². The summed E-state index contributed by atoms with van der Waals surface area (Å²) in [6.07, 6.45) is -5.25. The van der Waals surface area contributed by atoms with Gasteiger partial charge < -0.3 is 10.1 Å². The predicted octanol–water partition coefficient (Wildman–Crippen LogP) is 4.52. The number of ether oxygens (including phenoxy) is 1. The van der Waals surface area contributed by atoms with Gasteiger partial charge in [0.1, 0.15) is 5.75 Å². The van der Waals surface area contributed by atoms with Crippen LogP contribution in [0.15, 0.2) is 42.6 Å². The maximum Gasteiger partial charge on any atom is 0.460 e. The Bertz CT molecular complexity index is 803. The molecule has 2 aromatic rings. The van der Waals surface area contributed by atoms with Crippen molar-refractivity contribution in [2.75, 3.05) is 7.05 Å². The number of rotatable bonds is 5. The number of amides is 1. The molecule has 0 unspecified atom stereocenters. The highest BCUT2D eigenvalue weighted by Crippen LogP contribution is 2.51. The number of nitrogens with one attached hydrogen (secondary N) is 1. The molecule has 0 radical (unpaired) electrons. The number of aromatic nitrogens is 1. The lowest BCUT2D eigenvalue weighted by molar-refractivity contribution is -0.359. The van der Waals surface area contributed by atoms with Crippen molar-refractivity contribution in [2.24, 2.45) is 0 Å². The molecule has 0 aliphatic rings. The van der Waals surface area contributed by atoms with Crippen LogP contribution in [0, 0.1) is 0 Å². The largest absolute Gasteiger partial charge is 0.460 e. The Morgan fingerprint density at radius 3 is 2.00 bits per heavy atom. The number of pyridine rings is 1. The van der Waals surface area contributed by atoms with Crippen LogP contribution in [-0.2, 0) is 5.92 Å². The summed E-state index contributed by atoms with van der Waals surface area (Å²) < 4.78 is 95.0. The highest BCUT2D eigenvalue weighted by atomic mass is 19.4. The second-order valence-electron chi connectivity index (χ2n) is 5.24. The summed E-state index contributed by atoms with van der Waals surface area (Å²) in [5, 5.41) is 2.36. The molecule has 11 heteroatoms. The molecule has 4 nitrogen and oxygen atoms in total. The van der Waals surface area contributed by atoms with Crippen LogP contribution in [0.1, 0.15) is 15.9 Å². The molecule has 0 spiro atoms. The van der Waals surface area contributed by atoms with Crippen molar-refractivity contribution in [3.8, 4) is 11.6 Å². The molecule has 0 saturated carbocycles. The second kappa shape index (κ2) is 7.05. The van der Waals surface area contributed by atoms with Gasteiger partial charge in [-0.05, 0) is 30.3 Å². The molecule has 1 amide bonds. The number of carbonyl (C=O) groups excluding carboxylic acids is 1. The molecule has 0 atom stereocenters. The SMILES string of the molecule is CNC(=O)c1ccc(Oc2ccc(C(F)(F)C(F)(F)C(F)(F)F)cc2)nc1. The van der Waals surface area contributed by atoms with E-state index in [2.05, 4.69) is 10.3 Å². The molecule has 1 aromatic heterocycles. The molecule has 1 heterocycles. The van der Waals surface area contributed by atoms with Crippen molar-refractivity contribution in [3.05, 3.63) is 53.7 Å². The molecule has 0 aliphatic heterocycles.